The van der Waals surface area contributed by atoms with Crippen LogP contribution in [0.1, 0.15) is 16.6 Å². The molecule has 40 heavy (non-hydrogen) atoms. The van der Waals surface area contributed by atoms with Gasteiger partial charge in [-0.25, -0.2) is 18.5 Å². The maximum absolute atomic E-state index is 13.7. The van der Waals surface area contributed by atoms with Crippen molar-refractivity contribution in [2.75, 3.05) is 10.2 Å². The summed E-state index contributed by atoms with van der Waals surface area (Å²) in [6.45, 7) is -0.360. The van der Waals surface area contributed by atoms with Crippen molar-refractivity contribution in [2.45, 2.75) is 27.6 Å². The lowest BCUT2D eigenvalue weighted by Crippen LogP contribution is -2.32. The van der Waals surface area contributed by atoms with E-state index in [0.717, 1.165) is 23.1 Å². The Balaban J connectivity index is 1.34. The SMILES string of the molecule is NS(=O)(=O)c1ccc(NC(=O)Cn2c3c(sc2=O)[C@H](c2ccco2)C2C(=O)N(c4ccccc4)C(=O)C2S3)cc1. The average molecular weight is 597 g/mol. The number of nitrogens with two attached hydrogens (primary N) is 1. The molecule has 1 saturated heterocycles. The smallest absolute Gasteiger partial charge is 0.308 e. The van der Waals surface area contributed by atoms with Crippen LogP contribution >= 0.6 is 23.1 Å². The third-order valence-electron chi connectivity index (χ3n) is 6.68. The maximum Gasteiger partial charge on any atom is 0.308 e. The van der Waals surface area contributed by atoms with Gasteiger partial charge in [-0.05, 0) is 48.5 Å². The van der Waals surface area contributed by atoms with Crippen LogP contribution in [0.2, 0.25) is 0 Å². The Labute approximate surface area is 235 Å². The number of imide groups is 1. The standard InChI is InChI=1S/C26H20N4O7S3/c27-40(35,36)16-10-8-14(9-11-16)28-18(31)13-29-25-22(39-26(29)34)19(17-7-4-12-37-17)20-21(38-25)24(33)30(23(20)32)15-5-2-1-3-6-15/h1-12,19-21H,13H2,(H,28,31)(H2,27,35,36)/t19-,20?,21?/m1/s1. The highest BCUT2D eigenvalue weighted by atomic mass is 32.2. The summed E-state index contributed by atoms with van der Waals surface area (Å²) in [5.41, 5.74) is 0.769. The minimum atomic E-state index is -3.89. The number of carbonyl (C=O) groups excluding carboxylic acids is 3. The number of rotatable bonds is 6. The number of primary sulfonamides is 1. The molecule has 6 rings (SSSR count). The summed E-state index contributed by atoms with van der Waals surface area (Å²) in [4.78, 5) is 54.5. The van der Waals surface area contributed by atoms with Crippen molar-refractivity contribution in [1.82, 2.24) is 4.57 Å². The quantitative estimate of drug-likeness (QED) is 0.321. The molecule has 3 N–H and O–H groups in total. The first-order valence-corrected chi connectivity index (χ1v) is 15.2. The van der Waals surface area contributed by atoms with Crippen LogP contribution in [0.25, 0.3) is 0 Å². The number of hydrogen-bond donors (Lipinski definition) is 2. The second kappa shape index (κ2) is 9.89. The molecule has 0 radical (unpaired) electrons. The molecule has 14 heteroatoms. The molecule has 2 aliphatic heterocycles. The van der Waals surface area contributed by atoms with Crippen molar-refractivity contribution in [1.29, 1.82) is 0 Å². The zero-order chi connectivity index (χ0) is 28.2. The fourth-order valence-electron chi connectivity index (χ4n) is 4.93. The summed E-state index contributed by atoms with van der Waals surface area (Å²) >= 11 is 2.01. The highest BCUT2D eigenvalue weighted by Gasteiger charge is 2.57. The van der Waals surface area contributed by atoms with Crippen LogP contribution in [0.4, 0.5) is 11.4 Å². The van der Waals surface area contributed by atoms with Crippen LogP contribution in [0, 0.1) is 5.92 Å². The number of para-hydroxylation sites is 1. The Morgan fingerprint density at radius 3 is 2.35 bits per heavy atom. The number of nitrogens with one attached hydrogen (secondary N) is 1. The van der Waals surface area contributed by atoms with Gasteiger partial charge in [0.05, 0.1) is 38.6 Å². The van der Waals surface area contributed by atoms with E-state index < -0.39 is 43.8 Å². The summed E-state index contributed by atoms with van der Waals surface area (Å²) in [7, 11) is -3.89. The van der Waals surface area contributed by atoms with Crippen LogP contribution in [-0.2, 0) is 31.0 Å². The highest BCUT2D eigenvalue weighted by molar-refractivity contribution is 8.00. The normalized spacial score (nSPS) is 20.3. The minimum Gasteiger partial charge on any atom is -0.469 e. The average Bonchev–Trinajstić information content (AvgIpc) is 3.62. The molecule has 2 aliphatic rings. The van der Waals surface area contributed by atoms with Gasteiger partial charge in [0.15, 0.2) is 0 Å². The molecule has 2 aromatic heterocycles. The number of anilines is 2. The molecule has 4 heterocycles. The third-order valence-corrected chi connectivity index (χ3v) is 10.2. The number of thiazole rings is 1. The molecule has 0 spiro atoms. The van der Waals surface area contributed by atoms with E-state index in [-0.39, 0.29) is 17.3 Å². The van der Waals surface area contributed by atoms with Gasteiger partial charge in [-0.3, -0.25) is 23.7 Å². The zero-order valence-electron chi connectivity index (χ0n) is 20.4. The Morgan fingerprint density at radius 2 is 1.70 bits per heavy atom. The van der Waals surface area contributed by atoms with Gasteiger partial charge in [0, 0.05) is 5.69 Å². The van der Waals surface area contributed by atoms with E-state index in [1.165, 1.54) is 40.0 Å². The number of hydrogen-bond acceptors (Lipinski definition) is 9. The highest BCUT2D eigenvalue weighted by Crippen LogP contribution is 2.53. The van der Waals surface area contributed by atoms with Crippen molar-refractivity contribution in [3.8, 4) is 0 Å². The minimum absolute atomic E-state index is 0.108. The Hall–Kier alpha value is -3.98. The lowest BCUT2D eigenvalue weighted by Gasteiger charge is -2.29. The summed E-state index contributed by atoms with van der Waals surface area (Å²) in [5.74, 6) is -2.36. The number of furan rings is 1. The Morgan fingerprint density at radius 1 is 0.975 bits per heavy atom. The van der Waals surface area contributed by atoms with Crippen molar-refractivity contribution in [3.63, 3.8) is 0 Å². The van der Waals surface area contributed by atoms with E-state index in [0.29, 0.717) is 27.0 Å². The number of carbonyl (C=O) groups is 3. The first-order valence-electron chi connectivity index (χ1n) is 11.9. The van der Waals surface area contributed by atoms with Crippen molar-refractivity contribution < 1.29 is 27.2 Å². The van der Waals surface area contributed by atoms with Crippen molar-refractivity contribution >= 4 is 62.2 Å². The third kappa shape index (κ3) is 4.48. The fraction of sp³-hybridized carbons (Fsp3) is 0.154. The molecule has 0 bridgehead atoms. The first-order chi connectivity index (χ1) is 19.1. The van der Waals surface area contributed by atoms with E-state index in [4.69, 9.17) is 9.56 Å². The van der Waals surface area contributed by atoms with Crippen LogP contribution < -0.4 is 20.2 Å². The summed E-state index contributed by atoms with van der Waals surface area (Å²) < 4.78 is 29.9. The van der Waals surface area contributed by atoms with E-state index in [9.17, 15) is 27.6 Å². The van der Waals surface area contributed by atoms with Gasteiger partial charge in [-0.15, -0.1) is 0 Å². The van der Waals surface area contributed by atoms with Crippen LogP contribution in [0.3, 0.4) is 0 Å². The van der Waals surface area contributed by atoms with Crippen molar-refractivity contribution in [3.05, 3.63) is 93.3 Å². The number of fused-ring (bicyclic) bond motifs is 2. The van der Waals surface area contributed by atoms with Gasteiger partial charge in [-0.1, -0.05) is 41.3 Å². The zero-order valence-corrected chi connectivity index (χ0v) is 22.9. The lowest BCUT2D eigenvalue weighted by molar-refractivity contribution is -0.122. The fourth-order valence-corrected chi connectivity index (χ4v) is 8.20. The number of aromatic nitrogens is 1. The molecule has 2 aromatic carbocycles. The number of sulfonamides is 1. The second-order valence-corrected chi connectivity index (χ2v) is 12.8. The molecule has 1 fully saturated rings. The largest absolute Gasteiger partial charge is 0.469 e. The van der Waals surface area contributed by atoms with Crippen molar-refractivity contribution in [2.24, 2.45) is 11.1 Å². The predicted molar refractivity (Wildman–Crippen MR) is 148 cm³/mol. The van der Waals surface area contributed by atoms with E-state index in [1.54, 1.807) is 42.5 Å². The first kappa shape index (κ1) is 26.3. The van der Waals surface area contributed by atoms with E-state index in [1.807, 2.05) is 0 Å². The van der Waals surface area contributed by atoms with Gasteiger partial charge in [-0.2, -0.15) is 0 Å². The van der Waals surface area contributed by atoms with E-state index >= 15 is 0 Å². The number of amides is 3. The lowest BCUT2D eigenvalue weighted by atomic mass is 9.87. The number of nitrogens with zero attached hydrogens (tertiary/aromatic N) is 2. The van der Waals surface area contributed by atoms with Gasteiger partial charge in [0.2, 0.25) is 27.7 Å². The van der Waals surface area contributed by atoms with E-state index in [2.05, 4.69) is 5.32 Å². The van der Waals surface area contributed by atoms with Gasteiger partial charge in [0.25, 0.3) is 0 Å². The number of thioether (sulfide) groups is 1. The molecule has 3 atom stereocenters. The van der Waals surface area contributed by atoms with Crippen LogP contribution in [0.5, 0.6) is 0 Å². The van der Waals surface area contributed by atoms with Crippen LogP contribution in [0.15, 0.2) is 92.1 Å². The predicted octanol–water partition coefficient (Wildman–Crippen LogP) is 2.58. The van der Waals surface area contributed by atoms with Gasteiger partial charge >= 0.3 is 4.87 Å². The Bertz CT molecular complexity index is 1800. The Kier molecular flexibility index (Phi) is 6.49. The topological polar surface area (TPSA) is 162 Å². The molecule has 4 aromatic rings. The molecule has 204 valence electrons. The molecule has 2 unspecified atom stereocenters. The molecular formula is C26H20N4O7S3. The monoisotopic (exact) mass is 596 g/mol. The summed E-state index contributed by atoms with van der Waals surface area (Å²) in [5, 5.41) is 7.34. The molecule has 0 saturated carbocycles. The summed E-state index contributed by atoms with van der Waals surface area (Å²) in [6, 6.07) is 17.3. The molecular weight excluding hydrogens is 577 g/mol. The molecule has 0 aliphatic carbocycles. The number of benzene rings is 2. The van der Waals surface area contributed by atoms with Gasteiger partial charge in [0.1, 0.15) is 17.6 Å². The molecule has 3 amide bonds. The van der Waals surface area contributed by atoms with Crippen LogP contribution in [-0.4, -0.2) is 36.0 Å². The summed E-state index contributed by atoms with van der Waals surface area (Å²) in [6.07, 6.45) is 1.47. The van der Waals surface area contributed by atoms with Gasteiger partial charge < -0.3 is 9.73 Å². The molecule has 11 nitrogen and oxygen atoms in total. The second-order valence-electron chi connectivity index (χ2n) is 9.15. The maximum atomic E-state index is 13.7.